The first kappa shape index (κ1) is 15.0. The molecule has 1 atom stereocenters. The number of aryl methyl sites for hydroxylation is 1. The lowest BCUT2D eigenvalue weighted by Gasteiger charge is -2.41. The molecule has 0 unspecified atom stereocenters. The van der Waals surface area contributed by atoms with E-state index in [2.05, 4.69) is 41.0 Å². The van der Waals surface area contributed by atoms with Crippen LogP contribution in [-0.4, -0.2) is 53.7 Å². The molecular weight excluding hydrogens is 260 g/mol. The maximum Gasteiger partial charge on any atom is 0.0446 e. The number of piperazine rings is 1. The molecule has 2 aliphatic rings. The molecule has 0 spiro atoms. The summed E-state index contributed by atoms with van der Waals surface area (Å²) in [6.07, 6.45) is 3.75. The first-order valence-corrected chi connectivity index (χ1v) is 8.38. The number of hydrogen-bond acceptors (Lipinski definition) is 3. The van der Waals surface area contributed by atoms with Gasteiger partial charge in [-0.2, -0.15) is 0 Å². The zero-order valence-electron chi connectivity index (χ0n) is 13.2. The smallest absolute Gasteiger partial charge is 0.0446 e. The fraction of sp³-hybridized carbons (Fsp3) is 0.667. The third-order valence-corrected chi connectivity index (χ3v) is 5.00. The Morgan fingerprint density at radius 2 is 2.00 bits per heavy atom. The van der Waals surface area contributed by atoms with Gasteiger partial charge < -0.3 is 10.0 Å². The van der Waals surface area contributed by atoms with E-state index in [4.69, 9.17) is 0 Å². The zero-order valence-corrected chi connectivity index (χ0v) is 13.2. The van der Waals surface area contributed by atoms with E-state index in [-0.39, 0.29) is 0 Å². The van der Waals surface area contributed by atoms with Crippen molar-refractivity contribution in [2.45, 2.75) is 38.8 Å². The molecule has 1 aliphatic carbocycles. The molecule has 0 amide bonds. The van der Waals surface area contributed by atoms with Crippen LogP contribution in [0.2, 0.25) is 0 Å². The van der Waals surface area contributed by atoms with Crippen LogP contribution in [0.4, 0.5) is 0 Å². The van der Waals surface area contributed by atoms with Gasteiger partial charge in [0.1, 0.15) is 0 Å². The Morgan fingerprint density at radius 1 is 1.19 bits per heavy atom. The third-order valence-electron chi connectivity index (χ3n) is 5.00. The van der Waals surface area contributed by atoms with Crippen LogP contribution in [0.15, 0.2) is 24.3 Å². The molecule has 1 N–H and O–H groups in total. The van der Waals surface area contributed by atoms with Gasteiger partial charge >= 0.3 is 0 Å². The van der Waals surface area contributed by atoms with Gasteiger partial charge in [0.2, 0.25) is 0 Å². The second kappa shape index (κ2) is 6.91. The lowest BCUT2D eigenvalue weighted by Crippen LogP contribution is -2.53. The van der Waals surface area contributed by atoms with Gasteiger partial charge in [0.25, 0.3) is 0 Å². The van der Waals surface area contributed by atoms with E-state index in [1.54, 1.807) is 0 Å². The number of aliphatic hydroxyl groups excluding tert-OH is 1. The number of hydrogen-bond donors (Lipinski definition) is 1. The molecule has 2 fully saturated rings. The summed E-state index contributed by atoms with van der Waals surface area (Å²) in [5, 5.41) is 9.39. The maximum absolute atomic E-state index is 9.39. The topological polar surface area (TPSA) is 26.7 Å². The minimum absolute atomic E-state index is 0.298. The van der Waals surface area contributed by atoms with Gasteiger partial charge in [-0.3, -0.25) is 4.90 Å². The van der Waals surface area contributed by atoms with Crippen molar-refractivity contribution in [3.8, 4) is 0 Å². The molecule has 3 nitrogen and oxygen atoms in total. The normalized spacial score (nSPS) is 24.4. The first-order valence-electron chi connectivity index (χ1n) is 8.38. The Kier molecular flexibility index (Phi) is 4.94. The van der Waals surface area contributed by atoms with Crippen molar-refractivity contribution in [1.82, 2.24) is 9.80 Å². The molecule has 1 heterocycles. The van der Waals surface area contributed by atoms with E-state index in [1.165, 1.54) is 37.1 Å². The molecule has 1 aromatic rings. The average Bonchev–Trinajstić information content (AvgIpc) is 3.28. The van der Waals surface area contributed by atoms with Crippen LogP contribution < -0.4 is 0 Å². The summed E-state index contributed by atoms with van der Waals surface area (Å²) >= 11 is 0. The Labute approximate surface area is 128 Å². The highest BCUT2D eigenvalue weighted by Gasteiger charge is 2.30. The number of nitrogens with zero attached hydrogens (tertiary/aromatic N) is 2. The van der Waals surface area contributed by atoms with Gasteiger partial charge in [0.05, 0.1) is 0 Å². The fourth-order valence-corrected chi connectivity index (χ4v) is 3.43. The summed E-state index contributed by atoms with van der Waals surface area (Å²) in [5.74, 6) is 0.961. The highest BCUT2D eigenvalue weighted by molar-refractivity contribution is 5.25. The number of rotatable bonds is 6. The van der Waals surface area contributed by atoms with E-state index >= 15 is 0 Å². The van der Waals surface area contributed by atoms with Gasteiger partial charge in [0, 0.05) is 45.4 Å². The molecule has 1 saturated carbocycles. The third kappa shape index (κ3) is 4.06. The number of aliphatic hydroxyl groups is 1. The van der Waals surface area contributed by atoms with Crippen molar-refractivity contribution in [3.05, 3.63) is 35.4 Å². The number of benzene rings is 1. The lowest BCUT2D eigenvalue weighted by molar-refractivity contribution is 0.0514. The van der Waals surface area contributed by atoms with Crippen molar-refractivity contribution in [1.29, 1.82) is 0 Å². The van der Waals surface area contributed by atoms with Crippen molar-refractivity contribution >= 4 is 0 Å². The monoisotopic (exact) mass is 288 g/mol. The second-order valence-corrected chi connectivity index (χ2v) is 6.77. The van der Waals surface area contributed by atoms with Gasteiger partial charge in [-0.15, -0.1) is 0 Å². The van der Waals surface area contributed by atoms with E-state index in [0.29, 0.717) is 12.6 Å². The first-order chi connectivity index (χ1) is 10.3. The molecule has 0 bridgehead atoms. The van der Waals surface area contributed by atoms with Crippen LogP contribution in [0.25, 0.3) is 0 Å². The Bertz CT molecular complexity index is 458. The van der Waals surface area contributed by atoms with Gasteiger partial charge in [-0.1, -0.05) is 24.3 Å². The second-order valence-electron chi connectivity index (χ2n) is 6.77. The molecule has 3 heteroatoms. The highest BCUT2D eigenvalue weighted by atomic mass is 16.3. The van der Waals surface area contributed by atoms with Crippen LogP contribution in [0.1, 0.15) is 30.4 Å². The standard InChI is InChI=1S/C18H28N2O/c1-15-4-2-3-5-17(15)13-20-10-9-19(12-16-6-7-16)14-18(20)8-11-21/h2-5,16,18,21H,6-14H2,1H3/t18-/m1/s1. The predicted molar refractivity (Wildman–Crippen MR) is 86.2 cm³/mol. The molecule has 116 valence electrons. The lowest BCUT2D eigenvalue weighted by atomic mass is 10.0. The quantitative estimate of drug-likeness (QED) is 0.870. The summed E-state index contributed by atoms with van der Waals surface area (Å²) in [5.41, 5.74) is 2.80. The zero-order chi connectivity index (χ0) is 14.7. The van der Waals surface area contributed by atoms with Crippen LogP contribution in [0.5, 0.6) is 0 Å². The van der Waals surface area contributed by atoms with Crippen LogP contribution in [0, 0.1) is 12.8 Å². The molecule has 3 rings (SSSR count). The summed E-state index contributed by atoms with van der Waals surface area (Å²) in [7, 11) is 0. The average molecular weight is 288 g/mol. The molecular formula is C18H28N2O. The van der Waals surface area contributed by atoms with Gasteiger partial charge in [-0.05, 0) is 43.2 Å². The highest BCUT2D eigenvalue weighted by Crippen LogP contribution is 2.30. The Balaban J connectivity index is 1.61. The Morgan fingerprint density at radius 3 is 2.71 bits per heavy atom. The van der Waals surface area contributed by atoms with Crippen molar-refractivity contribution in [3.63, 3.8) is 0 Å². The molecule has 21 heavy (non-hydrogen) atoms. The Hall–Kier alpha value is -0.900. The molecule has 1 aromatic carbocycles. The SMILES string of the molecule is Cc1ccccc1CN1CCN(CC2CC2)C[C@H]1CCO. The van der Waals surface area contributed by atoms with Crippen molar-refractivity contribution in [2.75, 3.05) is 32.8 Å². The van der Waals surface area contributed by atoms with E-state index < -0.39 is 0 Å². The van der Waals surface area contributed by atoms with Gasteiger partial charge in [-0.25, -0.2) is 0 Å². The van der Waals surface area contributed by atoms with Crippen LogP contribution in [-0.2, 0) is 6.54 Å². The summed E-state index contributed by atoms with van der Waals surface area (Å²) in [4.78, 5) is 5.19. The van der Waals surface area contributed by atoms with Crippen molar-refractivity contribution < 1.29 is 5.11 Å². The fourth-order valence-electron chi connectivity index (χ4n) is 3.43. The molecule has 0 aromatic heterocycles. The van der Waals surface area contributed by atoms with Crippen LogP contribution in [0.3, 0.4) is 0 Å². The summed E-state index contributed by atoms with van der Waals surface area (Å²) in [6, 6.07) is 9.17. The minimum atomic E-state index is 0.298. The van der Waals surface area contributed by atoms with Crippen molar-refractivity contribution in [2.24, 2.45) is 5.92 Å². The molecule has 1 saturated heterocycles. The van der Waals surface area contributed by atoms with E-state index in [9.17, 15) is 5.11 Å². The maximum atomic E-state index is 9.39. The largest absolute Gasteiger partial charge is 0.396 e. The predicted octanol–water partition coefficient (Wildman–Crippen LogP) is 2.27. The summed E-state index contributed by atoms with van der Waals surface area (Å²) in [6.45, 7) is 8.24. The van der Waals surface area contributed by atoms with E-state index in [1.807, 2.05) is 0 Å². The summed E-state index contributed by atoms with van der Waals surface area (Å²) < 4.78 is 0. The molecule has 0 radical (unpaired) electrons. The van der Waals surface area contributed by atoms with E-state index in [0.717, 1.165) is 32.0 Å². The molecule has 1 aliphatic heterocycles. The van der Waals surface area contributed by atoms with Crippen LogP contribution >= 0.6 is 0 Å². The minimum Gasteiger partial charge on any atom is -0.396 e. The van der Waals surface area contributed by atoms with Gasteiger partial charge in [0.15, 0.2) is 0 Å².